The van der Waals surface area contributed by atoms with Crippen LogP contribution in [0, 0.1) is 0 Å². The van der Waals surface area contributed by atoms with Crippen molar-refractivity contribution in [3.8, 4) is 0 Å². The van der Waals surface area contributed by atoms with Crippen LogP contribution >= 0.6 is 0 Å². The SMILES string of the molecule is CC[C@@H]1C[C@@H](O)[C@H](O)[C@H](CO)N1. The average molecular weight is 175 g/mol. The van der Waals surface area contributed by atoms with Crippen LogP contribution < -0.4 is 5.32 Å². The Balaban J connectivity index is 2.52. The van der Waals surface area contributed by atoms with E-state index in [1.54, 1.807) is 0 Å². The lowest BCUT2D eigenvalue weighted by Crippen LogP contribution is -2.58. The van der Waals surface area contributed by atoms with Crippen LogP contribution in [0.5, 0.6) is 0 Å². The van der Waals surface area contributed by atoms with Crippen molar-refractivity contribution >= 4 is 0 Å². The fourth-order valence-electron chi connectivity index (χ4n) is 1.61. The Hall–Kier alpha value is -0.160. The van der Waals surface area contributed by atoms with Gasteiger partial charge in [-0.1, -0.05) is 6.92 Å². The van der Waals surface area contributed by atoms with E-state index in [9.17, 15) is 10.2 Å². The molecule has 0 bridgehead atoms. The minimum absolute atomic E-state index is 0.130. The molecule has 1 rings (SSSR count). The maximum absolute atomic E-state index is 9.38. The molecule has 0 aromatic heterocycles. The topological polar surface area (TPSA) is 72.7 Å². The number of rotatable bonds is 2. The molecule has 0 aromatic rings. The molecule has 1 aliphatic heterocycles. The summed E-state index contributed by atoms with van der Waals surface area (Å²) in [7, 11) is 0. The van der Waals surface area contributed by atoms with E-state index in [-0.39, 0.29) is 18.7 Å². The van der Waals surface area contributed by atoms with E-state index in [1.807, 2.05) is 6.92 Å². The van der Waals surface area contributed by atoms with Gasteiger partial charge >= 0.3 is 0 Å². The second-order valence-corrected chi connectivity index (χ2v) is 3.35. The van der Waals surface area contributed by atoms with E-state index in [0.717, 1.165) is 6.42 Å². The second kappa shape index (κ2) is 4.18. The molecule has 1 saturated heterocycles. The molecule has 1 aliphatic rings. The van der Waals surface area contributed by atoms with Gasteiger partial charge in [-0.05, 0) is 12.8 Å². The van der Waals surface area contributed by atoms with Crippen LogP contribution in [0.15, 0.2) is 0 Å². The monoisotopic (exact) mass is 175 g/mol. The van der Waals surface area contributed by atoms with Crippen molar-refractivity contribution in [3.63, 3.8) is 0 Å². The van der Waals surface area contributed by atoms with Gasteiger partial charge in [-0.3, -0.25) is 0 Å². The highest BCUT2D eigenvalue weighted by molar-refractivity contribution is 4.91. The number of piperidine rings is 1. The summed E-state index contributed by atoms with van der Waals surface area (Å²) in [6, 6.07) is -0.167. The van der Waals surface area contributed by atoms with E-state index in [1.165, 1.54) is 0 Å². The molecule has 4 atom stereocenters. The van der Waals surface area contributed by atoms with Gasteiger partial charge in [0.25, 0.3) is 0 Å². The highest BCUT2D eigenvalue weighted by Gasteiger charge is 2.33. The zero-order valence-electron chi connectivity index (χ0n) is 7.27. The van der Waals surface area contributed by atoms with Crippen molar-refractivity contribution in [3.05, 3.63) is 0 Å². The number of hydrogen-bond acceptors (Lipinski definition) is 4. The molecule has 1 fully saturated rings. The Morgan fingerprint density at radius 3 is 2.58 bits per heavy atom. The molecular formula is C8H17NO3. The first-order chi connectivity index (χ1) is 5.69. The number of aliphatic hydroxyl groups is 3. The summed E-state index contributed by atoms with van der Waals surface area (Å²) in [4.78, 5) is 0. The van der Waals surface area contributed by atoms with Gasteiger partial charge in [-0.25, -0.2) is 0 Å². The smallest absolute Gasteiger partial charge is 0.0974 e. The summed E-state index contributed by atoms with van der Waals surface area (Å²) in [5.41, 5.74) is 0. The Labute approximate surface area is 72.2 Å². The molecule has 4 heteroatoms. The third-order valence-electron chi connectivity index (χ3n) is 2.47. The molecule has 0 saturated carbocycles. The zero-order chi connectivity index (χ0) is 9.14. The molecule has 4 N–H and O–H groups in total. The van der Waals surface area contributed by atoms with Gasteiger partial charge < -0.3 is 20.6 Å². The summed E-state index contributed by atoms with van der Waals surface area (Å²) < 4.78 is 0. The molecule has 0 unspecified atom stereocenters. The third kappa shape index (κ3) is 1.95. The van der Waals surface area contributed by atoms with Crippen molar-refractivity contribution in [2.24, 2.45) is 0 Å². The summed E-state index contributed by atoms with van der Waals surface area (Å²) >= 11 is 0. The lowest BCUT2D eigenvalue weighted by atomic mass is 9.92. The predicted octanol–water partition coefficient (Wildman–Crippen LogP) is -1.16. The van der Waals surface area contributed by atoms with E-state index in [4.69, 9.17) is 5.11 Å². The van der Waals surface area contributed by atoms with Crippen molar-refractivity contribution in [1.82, 2.24) is 5.32 Å². The molecule has 0 aliphatic carbocycles. The molecule has 1 heterocycles. The van der Waals surface area contributed by atoms with E-state index in [0.29, 0.717) is 6.42 Å². The van der Waals surface area contributed by atoms with Crippen molar-refractivity contribution in [2.45, 2.75) is 44.1 Å². The van der Waals surface area contributed by atoms with E-state index in [2.05, 4.69) is 5.32 Å². The lowest BCUT2D eigenvalue weighted by Gasteiger charge is -2.36. The largest absolute Gasteiger partial charge is 0.395 e. The number of hydrogen-bond donors (Lipinski definition) is 4. The van der Waals surface area contributed by atoms with Crippen LogP contribution in [-0.2, 0) is 0 Å². The predicted molar refractivity (Wildman–Crippen MR) is 44.7 cm³/mol. The van der Waals surface area contributed by atoms with Crippen LogP contribution in [0.4, 0.5) is 0 Å². The van der Waals surface area contributed by atoms with Crippen molar-refractivity contribution in [2.75, 3.05) is 6.61 Å². The molecule has 12 heavy (non-hydrogen) atoms. The third-order valence-corrected chi connectivity index (χ3v) is 2.47. The maximum atomic E-state index is 9.38. The highest BCUT2D eigenvalue weighted by atomic mass is 16.3. The Kier molecular flexibility index (Phi) is 3.46. The molecule has 4 nitrogen and oxygen atoms in total. The number of nitrogens with one attached hydrogen (secondary N) is 1. The first kappa shape index (κ1) is 9.92. The lowest BCUT2D eigenvalue weighted by molar-refractivity contribution is -0.0512. The average Bonchev–Trinajstić information content (AvgIpc) is 2.09. The van der Waals surface area contributed by atoms with Crippen LogP contribution in [0.1, 0.15) is 19.8 Å². The Bertz CT molecular complexity index is 142. The van der Waals surface area contributed by atoms with Gasteiger partial charge in [0.1, 0.15) is 0 Å². The van der Waals surface area contributed by atoms with E-state index < -0.39 is 12.2 Å². The van der Waals surface area contributed by atoms with Gasteiger partial charge in [-0.2, -0.15) is 0 Å². The van der Waals surface area contributed by atoms with Gasteiger partial charge in [-0.15, -0.1) is 0 Å². The minimum Gasteiger partial charge on any atom is -0.395 e. The second-order valence-electron chi connectivity index (χ2n) is 3.35. The molecule has 0 spiro atoms. The first-order valence-electron chi connectivity index (χ1n) is 4.42. The minimum atomic E-state index is -0.835. The maximum Gasteiger partial charge on any atom is 0.0974 e. The Morgan fingerprint density at radius 2 is 2.08 bits per heavy atom. The van der Waals surface area contributed by atoms with Crippen LogP contribution in [-0.4, -0.2) is 46.2 Å². The van der Waals surface area contributed by atoms with Crippen LogP contribution in [0.25, 0.3) is 0 Å². The first-order valence-corrected chi connectivity index (χ1v) is 4.42. The zero-order valence-corrected chi connectivity index (χ0v) is 7.27. The van der Waals surface area contributed by atoms with Crippen LogP contribution in [0.2, 0.25) is 0 Å². The van der Waals surface area contributed by atoms with Crippen molar-refractivity contribution < 1.29 is 15.3 Å². The fourth-order valence-corrected chi connectivity index (χ4v) is 1.61. The van der Waals surface area contributed by atoms with E-state index >= 15 is 0 Å². The quantitative estimate of drug-likeness (QED) is 0.427. The Morgan fingerprint density at radius 1 is 1.42 bits per heavy atom. The molecule has 72 valence electrons. The molecule has 0 radical (unpaired) electrons. The highest BCUT2D eigenvalue weighted by Crippen LogP contribution is 2.15. The van der Waals surface area contributed by atoms with Gasteiger partial charge in [0, 0.05) is 6.04 Å². The van der Waals surface area contributed by atoms with Gasteiger partial charge in [0.05, 0.1) is 24.9 Å². The summed E-state index contributed by atoms with van der Waals surface area (Å²) in [5, 5.41) is 30.7. The summed E-state index contributed by atoms with van der Waals surface area (Å²) in [6.45, 7) is 1.88. The molecule has 0 amide bonds. The van der Waals surface area contributed by atoms with Crippen molar-refractivity contribution in [1.29, 1.82) is 0 Å². The fraction of sp³-hybridized carbons (Fsp3) is 1.00. The standard InChI is InChI=1S/C8H17NO3/c1-2-5-3-7(11)8(12)6(4-10)9-5/h5-12H,2-4H2,1H3/t5-,6+,7-,8-/m1/s1. The summed E-state index contributed by atoms with van der Waals surface area (Å²) in [5.74, 6) is 0. The van der Waals surface area contributed by atoms with Gasteiger partial charge in [0.2, 0.25) is 0 Å². The van der Waals surface area contributed by atoms with Gasteiger partial charge in [0.15, 0.2) is 0 Å². The molecular weight excluding hydrogens is 158 g/mol. The molecule has 0 aromatic carbocycles. The number of aliphatic hydroxyl groups excluding tert-OH is 3. The normalized spacial score (nSPS) is 43.0. The summed E-state index contributed by atoms with van der Waals surface area (Å²) in [6.07, 6.45) is -0.0693. The van der Waals surface area contributed by atoms with Crippen LogP contribution in [0.3, 0.4) is 0 Å².